The Balaban J connectivity index is 2.50. The molecular formula is C15H17BrO3S. The van der Waals surface area contributed by atoms with Gasteiger partial charge < -0.3 is 14.6 Å². The fourth-order valence-corrected chi connectivity index (χ4v) is 3.60. The van der Waals surface area contributed by atoms with Crippen LogP contribution in [0.15, 0.2) is 28.1 Å². The molecule has 1 aromatic heterocycles. The highest BCUT2D eigenvalue weighted by molar-refractivity contribution is 9.10. The molecule has 1 N–H and O–H groups in total. The van der Waals surface area contributed by atoms with Crippen LogP contribution < -0.4 is 9.47 Å². The highest BCUT2D eigenvalue weighted by Crippen LogP contribution is 2.40. The van der Waals surface area contributed by atoms with Gasteiger partial charge in [-0.15, -0.1) is 11.3 Å². The van der Waals surface area contributed by atoms with Gasteiger partial charge in [-0.3, -0.25) is 0 Å². The van der Waals surface area contributed by atoms with E-state index in [4.69, 9.17) is 9.47 Å². The third-order valence-corrected chi connectivity index (χ3v) is 4.84. The summed E-state index contributed by atoms with van der Waals surface area (Å²) < 4.78 is 11.5. The number of benzene rings is 1. The predicted molar refractivity (Wildman–Crippen MR) is 85.0 cm³/mol. The van der Waals surface area contributed by atoms with E-state index in [1.165, 1.54) is 0 Å². The van der Waals surface area contributed by atoms with E-state index < -0.39 is 6.10 Å². The van der Waals surface area contributed by atoms with Crippen LogP contribution in [0, 0.1) is 0 Å². The van der Waals surface area contributed by atoms with E-state index in [-0.39, 0.29) is 0 Å². The van der Waals surface area contributed by atoms with Gasteiger partial charge in [0.2, 0.25) is 0 Å². The van der Waals surface area contributed by atoms with Crippen molar-refractivity contribution in [3.05, 3.63) is 44.1 Å². The van der Waals surface area contributed by atoms with Crippen molar-refractivity contribution in [1.82, 2.24) is 0 Å². The van der Waals surface area contributed by atoms with Crippen LogP contribution in [0.2, 0.25) is 0 Å². The van der Waals surface area contributed by atoms with Gasteiger partial charge in [-0.1, -0.05) is 6.92 Å². The number of methoxy groups -OCH3 is 2. The van der Waals surface area contributed by atoms with Crippen LogP contribution in [-0.2, 0) is 6.42 Å². The Bertz CT molecular complexity index is 595. The molecule has 3 nitrogen and oxygen atoms in total. The van der Waals surface area contributed by atoms with Crippen LogP contribution in [0.1, 0.15) is 29.0 Å². The van der Waals surface area contributed by atoms with Gasteiger partial charge in [-0.05, 0) is 51.5 Å². The fraction of sp³-hybridized carbons (Fsp3) is 0.333. The molecule has 0 radical (unpaired) electrons. The predicted octanol–water partition coefficient (Wildman–Crippen LogP) is 4.17. The minimum absolute atomic E-state index is 0.639. The van der Waals surface area contributed by atoms with E-state index in [9.17, 15) is 5.11 Å². The first kappa shape index (κ1) is 15.4. The van der Waals surface area contributed by atoms with E-state index in [2.05, 4.69) is 22.9 Å². The number of aryl methyl sites for hydroxylation is 1. The maximum atomic E-state index is 10.7. The number of rotatable bonds is 5. The Kier molecular flexibility index (Phi) is 5.07. The number of hydrogen-bond donors (Lipinski definition) is 1. The van der Waals surface area contributed by atoms with E-state index >= 15 is 0 Å². The fourth-order valence-electron chi connectivity index (χ4n) is 2.12. The average molecular weight is 357 g/mol. The molecule has 2 rings (SSSR count). The largest absolute Gasteiger partial charge is 0.496 e. The lowest BCUT2D eigenvalue weighted by molar-refractivity contribution is 0.217. The number of hydrogen-bond acceptors (Lipinski definition) is 4. The van der Waals surface area contributed by atoms with E-state index in [1.807, 2.05) is 23.6 Å². The molecule has 2 aromatic rings. The van der Waals surface area contributed by atoms with Gasteiger partial charge in [0.15, 0.2) is 0 Å². The van der Waals surface area contributed by atoms with Gasteiger partial charge in [0.1, 0.15) is 17.6 Å². The van der Waals surface area contributed by atoms with Crippen molar-refractivity contribution in [3.8, 4) is 11.5 Å². The first-order valence-electron chi connectivity index (χ1n) is 6.28. The number of ether oxygens (including phenoxy) is 2. The van der Waals surface area contributed by atoms with E-state index in [0.29, 0.717) is 17.1 Å². The molecule has 0 aliphatic rings. The topological polar surface area (TPSA) is 38.7 Å². The molecule has 0 aliphatic heterocycles. The van der Waals surface area contributed by atoms with Crippen molar-refractivity contribution in [2.24, 2.45) is 0 Å². The number of thiophene rings is 1. The Labute approximate surface area is 131 Å². The molecule has 0 aliphatic carbocycles. The normalized spacial score (nSPS) is 12.2. The van der Waals surface area contributed by atoms with Crippen molar-refractivity contribution in [3.63, 3.8) is 0 Å². The molecular weight excluding hydrogens is 340 g/mol. The Hall–Kier alpha value is -1.04. The molecule has 108 valence electrons. The molecule has 5 heteroatoms. The van der Waals surface area contributed by atoms with Crippen LogP contribution in [-0.4, -0.2) is 19.3 Å². The van der Waals surface area contributed by atoms with Gasteiger partial charge in [0.05, 0.1) is 18.7 Å². The van der Waals surface area contributed by atoms with Crippen LogP contribution in [0.3, 0.4) is 0 Å². The van der Waals surface area contributed by atoms with Crippen LogP contribution in [0.4, 0.5) is 0 Å². The van der Waals surface area contributed by atoms with Crippen molar-refractivity contribution >= 4 is 27.3 Å². The molecule has 1 unspecified atom stereocenters. The number of aliphatic hydroxyl groups is 1. The maximum Gasteiger partial charge on any atom is 0.133 e. The summed E-state index contributed by atoms with van der Waals surface area (Å²) in [6.07, 6.45) is 0.188. The molecule has 1 heterocycles. The maximum absolute atomic E-state index is 10.7. The SMILES string of the molecule is CCc1ccsc1C(O)c1cc(OC)c(Br)cc1OC. The second kappa shape index (κ2) is 6.61. The van der Waals surface area contributed by atoms with Crippen molar-refractivity contribution in [2.45, 2.75) is 19.4 Å². The van der Waals surface area contributed by atoms with Crippen LogP contribution in [0.25, 0.3) is 0 Å². The summed E-state index contributed by atoms with van der Waals surface area (Å²) in [4.78, 5) is 0.954. The minimum Gasteiger partial charge on any atom is -0.496 e. The highest BCUT2D eigenvalue weighted by atomic mass is 79.9. The summed E-state index contributed by atoms with van der Waals surface area (Å²) in [5.41, 5.74) is 1.87. The molecule has 0 saturated heterocycles. The Morgan fingerprint density at radius 3 is 2.55 bits per heavy atom. The van der Waals surface area contributed by atoms with E-state index in [1.54, 1.807) is 25.6 Å². The summed E-state index contributed by atoms with van der Waals surface area (Å²) in [5, 5.41) is 12.7. The van der Waals surface area contributed by atoms with Crippen LogP contribution in [0.5, 0.6) is 11.5 Å². The van der Waals surface area contributed by atoms with Gasteiger partial charge in [0, 0.05) is 10.4 Å². The van der Waals surface area contributed by atoms with Gasteiger partial charge in [0.25, 0.3) is 0 Å². The molecule has 1 atom stereocenters. The molecule has 0 amide bonds. The highest BCUT2D eigenvalue weighted by Gasteiger charge is 2.21. The average Bonchev–Trinajstić information content (AvgIpc) is 2.94. The van der Waals surface area contributed by atoms with E-state index in [0.717, 1.165) is 21.3 Å². The smallest absolute Gasteiger partial charge is 0.133 e. The summed E-state index contributed by atoms with van der Waals surface area (Å²) in [5.74, 6) is 1.31. The summed E-state index contributed by atoms with van der Waals surface area (Å²) in [6.45, 7) is 2.08. The number of aliphatic hydroxyl groups excluding tert-OH is 1. The lowest BCUT2D eigenvalue weighted by Crippen LogP contribution is -2.04. The zero-order valence-electron chi connectivity index (χ0n) is 11.6. The quantitative estimate of drug-likeness (QED) is 0.873. The first-order chi connectivity index (χ1) is 9.62. The monoisotopic (exact) mass is 356 g/mol. The zero-order valence-corrected chi connectivity index (χ0v) is 14.0. The molecule has 0 saturated carbocycles. The lowest BCUT2D eigenvalue weighted by atomic mass is 10.0. The van der Waals surface area contributed by atoms with Gasteiger partial charge in [-0.25, -0.2) is 0 Å². The van der Waals surface area contributed by atoms with Gasteiger partial charge >= 0.3 is 0 Å². The Morgan fingerprint density at radius 1 is 1.25 bits per heavy atom. The van der Waals surface area contributed by atoms with Crippen LogP contribution >= 0.6 is 27.3 Å². The standard InChI is InChI=1S/C15H17BrO3S/c1-4-9-5-6-20-15(9)14(17)10-7-13(19-3)11(16)8-12(10)18-2/h5-8,14,17H,4H2,1-3H3. The van der Waals surface area contributed by atoms with Gasteiger partial charge in [-0.2, -0.15) is 0 Å². The van der Waals surface area contributed by atoms with Crippen molar-refractivity contribution in [1.29, 1.82) is 0 Å². The molecule has 0 bridgehead atoms. The third kappa shape index (κ3) is 2.85. The first-order valence-corrected chi connectivity index (χ1v) is 7.95. The molecule has 0 fully saturated rings. The second-order valence-corrected chi connectivity index (χ2v) is 6.10. The minimum atomic E-state index is -0.707. The third-order valence-electron chi connectivity index (χ3n) is 3.21. The summed E-state index contributed by atoms with van der Waals surface area (Å²) in [7, 11) is 3.20. The molecule has 20 heavy (non-hydrogen) atoms. The zero-order chi connectivity index (χ0) is 14.7. The summed E-state index contributed by atoms with van der Waals surface area (Å²) >= 11 is 4.98. The van der Waals surface area contributed by atoms with Crippen molar-refractivity contribution in [2.75, 3.05) is 14.2 Å². The lowest BCUT2D eigenvalue weighted by Gasteiger charge is -2.17. The Morgan fingerprint density at radius 2 is 1.95 bits per heavy atom. The second-order valence-electron chi connectivity index (χ2n) is 4.29. The molecule has 1 aromatic carbocycles. The molecule has 0 spiro atoms. The van der Waals surface area contributed by atoms with Crippen molar-refractivity contribution < 1.29 is 14.6 Å². The summed E-state index contributed by atoms with van der Waals surface area (Å²) in [6, 6.07) is 5.68. The number of halogens is 1.